The standard InChI is InChI=1S/C29H30NO/c1-17-11-23-13-18(2)19(3)27-28(23)25(12-17)31-26-16-22-15-21(14-20-7-5-6-8-20)9-10-24(22)30(4)29(26)27/h9-13,15-16,20H,5-8,14H2,1-4H3/q+1. The molecule has 3 aromatic carbocycles. The molecule has 0 radical (unpaired) electrons. The number of aryl methyl sites for hydroxylation is 3. The first kappa shape index (κ1) is 18.9. The maximum absolute atomic E-state index is 6.57. The van der Waals surface area contributed by atoms with Crippen LogP contribution in [0.25, 0.3) is 32.9 Å². The van der Waals surface area contributed by atoms with Crippen LogP contribution in [0.3, 0.4) is 0 Å². The van der Waals surface area contributed by atoms with Crippen LogP contribution in [0.4, 0.5) is 0 Å². The molecule has 6 rings (SSSR count). The fraction of sp³-hybridized carbons (Fsp3) is 0.345. The van der Waals surface area contributed by atoms with Crippen LogP contribution < -0.4 is 9.30 Å². The van der Waals surface area contributed by atoms with Crippen molar-refractivity contribution in [2.75, 3.05) is 0 Å². The van der Waals surface area contributed by atoms with Gasteiger partial charge in [0.15, 0.2) is 5.75 Å². The minimum Gasteiger partial charge on any atom is -0.450 e. The largest absolute Gasteiger partial charge is 0.450 e. The topological polar surface area (TPSA) is 13.1 Å². The Hall–Kier alpha value is -2.87. The number of aromatic nitrogens is 1. The first-order chi connectivity index (χ1) is 15.0. The lowest BCUT2D eigenvalue weighted by Crippen LogP contribution is -2.33. The summed E-state index contributed by atoms with van der Waals surface area (Å²) in [6.07, 6.45) is 6.78. The third-order valence-corrected chi connectivity index (χ3v) is 7.63. The molecule has 156 valence electrons. The van der Waals surface area contributed by atoms with Gasteiger partial charge in [-0.1, -0.05) is 43.9 Å². The Morgan fingerprint density at radius 2 is 1.71 bits per heavy atom. The Labute approximate surface area is 184 Å². The molecule has 2 aliphatic rings. The molecule has 2 heteroatoms. The van der Waals surface area contributed by atoms with E-state index in [9.17, 15) is 0 Å². The SMILES string of the molecule is Cc1cc2c3c(c(C)c(C)cc3c1)-c1c(cc3cc(CC4CCCC4)ccc3[n+]1C)O2. The van der Waals surface area contributed by atoms with Gasteiger partial charge in [0.1, 0.15) is 12.8 Å². The van der Waals surface area contributed by atoms with Gasteiger partial charge in [0.05, 0.1) is 10.9 Å². The van der Waals surface area contributed by atoms with E-state index in [1.165, 1.54) is 87.3 Å². The molecule has 1 fully saturated rings. The molecular formula is C29H30NO+. The zero-order valence-corrected chi connectivity index (χ0v) is 19.0. The van der Waals surface area contributed by atoms with Crippen molar-refractivity contribution in [1.29, 1.82) is 0 Å². The summed E-state index contributed by atoms with van der Waals surface area (Å²) in [7, 11) is 2.19. The molecule has 1 saturated carbocycles. The molecule has 0 amide bonds. The van der Waals surface area contributed by atoms with Gasteiger partial charge in [-0.15, -0.1) is 0 Å². The van der Waals surface area contributed by atoms with Gasteiger partial charge in [-0.2, -0.15) is 4.57 Å². The zero-order chi connectivity index (χ0) is 21.3. The van der Waals surface area contributed by atoms with Crippen molar-refractivity contribution in [3.63, 3.8) is 0 Å². The van der Waals surface area contributed by atoms with E-state index in [-0.39, 0.29) is 0 Å². The van der Waals surface area contributed by atoms with Gasteiger partial charge in [0.25, 0.3) is 5.69 Å². The number of ether oxygens (including phenoxy) is 1. The lowest BCUT2D eigenvalue weighted by atomic mass is 9.89. The molecular weight excluding hydrogens is 378 g/mol. The van der Waals surface area contributed by atoms with E-state index in [0.29, 0.717) is 0 Å². The summed E-state index contributed by atoms with van der Waals surface area (Å²) in [4.78, 5) is 0. The Morgan fingerprint density at radius 1 is 0.903 bits per heavy atom. The van der Waals surface area contributed by atoms with Gasteiger partial charge in [0.2, 0.25) is 5.52 Å². The normalized spacial score (nSPS) is 15.5. The molecule has 0 saturated heterocycles. The summed E-state index contributed by atoms with van der Waals surface area (Å²) in [6.45, 7) is 6.62. The Kier molecular flexibility index (Phi) is 4.15. The lowest BCUT2D eigenvalue weighted by molar-refractivity contribution is -0.633. The minimum atomic E-state index is 0.859. The van der Waals surface area contributed by atoms with Crippen molar-refractivity contribution in [2.45, 2.75) is 52.9 Å². The maximum Gasteiger partial charge on any atom is 0.256 e. The van der Waals surface area contributed by atoms with Crippen LogP contribution >= 0.6 is 0 Å². The van der Waals surface area contributed by atoms with Crippen LogP contribution in [0.1, 0.15) is 47.9 Å². The van der Waals surface area contributed by atoms with Crippen LogP contribution in [0, 0.1) is 26.7 Å². The summed E-state index contributed by atoms with van der Waals surface area (Å²) >= 11 is 0. The van der Waals surface area contributed by atoms with Crippen molar-refractivity contribution in [2.24, 2.45) is 13.0 Å². The molecule has 0 N–H and O–H groups in total. The van der Waals surface area contributed by atoms with E-state index in [0.717, 1.165) is 17.4 Å². The predicted octanol–water partition coefficient (Wildman–Crippen LogP) is 7.25. The average molecular weight is 409 g/mol. The molecule has 0 bridgehead atoms. The Morgan fingerprint density at radius 3 is 2.52 bits per heavy atom. The number of benzene rings is 3. The van der Waals surface area contributed by atoms with Gasteiger partial charge in [-0.05, 0) is 72.9 Å². The van der Waals surface area contributed by atoms with E-state index in [1.54, 1.807) is 0 Å². The van der Waals surface area contributed by atoms with Crippen LogP contribution in [0.2, 0.25) is 0 Å². The molecule has 0 spiro atoms. The molecule has 1 aliphatic carbocycles. The Balaban J connectivity index is 1.59. The quantitative estimate of drug-likeness (QED) is 0.280. The van der Waals surface area contributed by atoms with Crippen molar-refractivity contribution in [1.82, 2.24) is 0 Å². The maximum atomic E-state index is 6.57. The zero-order valence-electron chi connectivity index (χ0n) is 19.0. The summed E-state index contributed by atoms with van der Waals surface area (Å²) in [5, 5.41) is 3.79. The van der Waals surface area contributed by atoms with Crippen molar-refractivity contribution in [3.8, 4) is 22.8 Å². The fourth-order valence-corrected chi connectivity index (χ4v) is 5.95. The second kappa shape index (κ2) is 6.82. The number of hydrogen-bond donors (Lipinski definition) is 0. The predicted molar refractivity (Wildman–Crippen MR) is 128 cm³/mol. The molecule has 0 atom stereocenters. The highest BCUT2D eigenvalue weighted by atomic mass is 16.5. The number of rotatable bonds is 2. The van der Waals surface area contributed by atoms with Gasteiger partial charge in [0, 0.05) is 17.5 Å². The molecule has 1 aliphatic heterocycles. The summed E-state index contributed by atoms with van der Waals surface area (Å²) in [5.74, 6) is 2.82. The number of nitrogens with zero attached hydrogens (tertiary/aromatic N) is 1. The molecule has 31 heavy (non-hydrogen) atoms. The highest BCUT2D eigenvalue weighted by molar-refractivity contribution is 6.05. The van der Waals surface area contributed by atoms with Crippen LogP contribution in [0.5, 0.6) is 11.5 Å². The summed E-state index contributed by atoms with van der Waals surface area (Å²) < 4.78 is 8.91. The first-order valence-electron chi connectivity index (χ1n) is 11.7. The highest BCUT2D eigenvalue weighted by Gasteiger charge is 2.31. The number of fused-ring (bicyclic) bond motifs is 3. The second-order valence-corrected chi connectivity index (χ2v) is 9.82. The molecule has 1 aromatic heterocycles. The van der Waals surface area contributed by atoms with E-state index in [1.807, 2.05) is 0 Å². The van der Waals surface area contributed by atoms with E-state index >= 15 is 0 Å². The van der Waals surface area contributed by atoms with Crippen LogP contribution in [-0.4, -0.2) is 0 Å². The third kappa shape index (κ3) is 2.88. The number of pyridine rings is 1. The van der Waals surface area contributed by atoms with E-state index < -0.39 is 0 Å². The second-order valence-electron chi connectivity index (χ2n) is 9.82. The van der Waals surface area contributed by atoms with E-state index in [2.05, 4.69) is 74.9 Å². The highest BCUT2D eigenvalue weighted by Crippen LogP contribution is 2.48. The van der Waals surface area contributed by atoms with Gasteiger partial charge < -0.3 is 4.74 Å². The third-order valence-electron chi connectivity index (χ3n) is 7.63. The first-order valence-corrected chi connectivity index (χ1v) is 11.7. The summed E-state index contributed by atoms with van der Waals surface area (Å²) in [6, 6.07) is 16.1. The van der Waals surface area contributed by atoms with Crippen LogP contribution in [-0.2, 0) is 13.5 Å². The molecule has 4 aromatic rings. The van der Waals surface area contributed by atoms with Crippen molar-refractivity contribution in [3.05, 3.63) is 64.7 Å². The van der Waals surface area contributed by atoms with Crippen molar-refractivity contribution < 1.29 is 9.30 Å². The smallest absolute Gasteiger partial charge is 0.256 e. The monoisotopic (exact) mass is 408 g/mol. The molecule has 0 unspecified atom stereocenters. The molecule has 2 heterocycles. The minimum absolute atomic E-state index is 0.859. The number of hydrogen-bond acceptors (Lipinski definition) is 1. The van der Waals surface area contributed by atoms with Gasteiger partial charge in [-0.3, -0.25) is 0 Å². The fourth-order valence-electron chi connectivity index (χ4n) is 5.95. The van der Waals surface area contributed by atoms with Gasteiger partial charge in [-0.25, -0.2) is 0 Å². The van der Waals surface area contributed by atoms with Crippen LogP contribution in [0.15, 0.2) is 42.5 Å². The van der Waals surface area contributed by atoms with Gasteiger partial charge >= 0.3 is 0 Å². The Bertz CT molecular complexity index is 1380. The van der Waals surface area contributed by atoms with Crippen molar-refractivity contribution >= 4 is 21.7 Å². The average Bonchev–Trinajstić information content (AvgIpc) is 3.23. The molecule has 2 nitrogen and oxygen atoms in total. The summed E-state index contributed by atoms with van der Waals surface area (Å²) in [5.41, 5.74) is 9.16. The lowest BCUT2D eigenvalue weighted by Gasteiger charge is -2.23. The van der Waals surface area contributed by atoms with E-state index in [4.69, 9.17) is 4.74 Å².